The highest BCUT2D eigenvalue weighted by Gasteiger charge is 2.15. The summed E-state index contributed by atoms with van der Waals surface area (Å²) in [4.78, 5) is 12.0. The van der Waals surface area contributed by atoms with Gasteiger partial charge in [-0.05, 0) is 30.5 Å². The summed E-state index contributed by atoms with van der Waals surface area (Å²) in [7, 11) is 0. The second kappa shape index (κ2) is 8.31. The molecule has 3 nitrogen and oxygen atoms in total. The van der Waals surface area contributed by atoms with E-state index >= 15 is 0 Å². The molecular formula is C16H22N2O. The van der Waals surface area contributed by atoms with Gasteiger partial charge >= 0.3 is 0 Å². The number of carbonyl (C=O) groups excluding carboxylic acids is 1. The van der Waals surface area contributed by atoms with Gasteiger partial charge in [-0.1, -0.05) is 38.8 Å². The number of nitrogens with one attached hydrogen (secondary N) is 1. The normalized spacial score (nSPS) is 11.6. The van der Waals surface area contributed by atoms with Gasteiger partial charge in [0.05, 0.1) is 11.6 Å². The minimum absolute atomic E-state index is 0.110. The first kappa shape index (κ1) is 15.2. The number of nitriles is 1. The van der Waals surface area contributed by atoms with Crippen molar-refractivity contribution in [3.05, 3.63) is 35.4 Å². The third-order valence-corrected chi connectivity index (χ3v) is 3.29. The molecule has 1 rings (SSSR count). The minimum Gasteiger partial charge on any atom is -0.352 e. The second-order valence-electron chi connectivity index (χ2n) is 4.78. The van der Waals surface area contributed by atoms with Gasteiger partial charge in [0.1, 0.15) is 0 Å². The Labute approximate surface area is 115 Å². The molecule has 0 aromatic heterocycles. The molecule has 0 saturated carbocycles. The summed E-state index contributed by atoms with van der Waals surface area (Å²) >= 11 is 0. The van der Waals surface area contributed by atoms with E-state index in [0.717, 1.165) is 31.2 Å². The van der Waals surface area contributed by atoms with Crippen LogP contribution in [0.3, 0.4) is 0 Å². The first-order valence-corrected chi connectivity index (χ1v) is 6.98. The maximum Gasteiger partial charge on any atom is 0.223 e. The van der Waals surface area contributed by atoms with Crippen LogP contribution < -0.4 is 5.32 Å². The largest absolute Gasteiger partial charge is 0.352 e. The van der Waals surface area contributed by atoms with Crippen LogP contribution >= 0.6 is 0 Å². The molecule has 0 fully saturated rings. The Morgan fingerprint density at radius 1 is 1.42 bits per heavy atom. The van der Waals surface area contributed by atoms with Gasteiger partial charge in [-0.3, -0.25) is 4.79 Å². The highest BCUT2D eigenvalue weighted by molar-refractivity contribution is 5.78. The van der Waals surface area contributed by atoms with Crippen LogP contribution in [0.4, 0.5) is 0 Å². The molecule has 0 saturated heterocycles. The van der Waals surface area contributed by atoms with Crippen LogP contribution in [0.5, 0.6) is 0 Å². The molecule has 0 spiro atoms. The van der Waals surface area contributed by atoms with E-state index in [2.05, 4.69) is 25.2 Å². The van der Waals surface area contributed by atoms with Crippen molar-refractivity contribution in [3.63, 3.8) is 0 Å². The van der Waals surface area contributed by atoms with E-state index in [9.17, 15) is 4.79 Å². The van der Waals surface area contributed by atoms with E-state index in [0.29, 0.717) is 12.1 Å². The van der Waals surface area contributed by atoms with E-state index in [-0.39, 0.29) is 11.8 Å². The smallest absolute Gasteiger partial charge is 0.223 e. The average molecular weight is 258 g/mol. The standard InChI is InChI=1S/C16H22N2O/c1-3-5-9-15(4-2)16(19)18-12-14-8-6-7-13(10-14)11-17/h6-8,10,15H,3-5,9,12H2,1-2H3,(H,18,19). The monoisotopic (exact) mass is 258 g/mol. The van der Waals surface area contributed by atoms with Crippen molar-refractivity contribution in [2.24, 2.45) is 5.92 Å². The van der Waals surface area contributed by atoms with Crippen molar-refractivity contribution in [1.29, 1.82) is 5.26 Å². The van der Waals surface area contributed by atoms with Crippen LogP contribution in [0.1, 0.15) is 50.7 Å². The molecule has 0 aliphatic heterocycles. The number of unbranched alkanes of at least 4 members (excludes halogenated alkanes) is 1. The van der Waals surface area contributed by atoms with Crippen LogP contribution in [0.15, 0.2) is 24.3 Å². The Hall–Kier alpha value is -1.82. The van der Waals surface area contributed by atoms with Crippen LogP contribution in [0, 0.1) is 17.2 Å². The summed E-state index contributed by atoms with van der Waals surface area (Å²) in [6.45, 7) is 4.69. The molecular weight excluding hydrogens is 236 g/mol. The highest BCUT2D eigenvalue weighted by Crippen LogP contribution is 2.13. The molecule has 0 aliphatic rings. The van der Waals surface area contributed by atoms with Gasteiger partial charge in [0.2, 0.25) is 5.91 Å². The molecule has 1 aromatic carbocycles. The quantitative estimate of drug-likeness (QED) is 0.815. The molecule has 1 N–H and O–H groups in total. The predicted molar refractivity (Wildman–Crippen MR) is 76.3 cm³/mol. The summed E-state index contributed by atoms with van der Waals surface area (Å²) in [5.41, 5.74) is 1.60. The number of rotatable bonds is 7. The molecule has 1 aromatic rings. The zero-order valence-electron chi connectivity index (χ0n) is 11.8. The van der Waals surface area contributed by atoms with Gasteiger partial charge in [0, 0.05) is 12.5 Å². The summed E-state index contributed by atoms with van der Waals surface area (Å²) in [5, 5.41) is 11.8. The fraction of sp³-hybridized carbons (Fsp3) is 0.500. The topological polar surface area (TPSA) is 52.9 Å². The summed E-state index contributed by atoms with van der Waals surface area (Å²) in [5.74, 6) is 0.234. The van der Waals surface area contributed by atoms with E-state index in [1.54, 1.807) is 6.07 Å². The Morgan fingerprint density at radius 3 is 2.84 bits per heavy atom. The molecule has 1 amide bonds. The fourth-order valence-corrected chi connectivity index (χ4v) is 2.06. The number of hydrogen-bond donors (Lipinski definition) is 1. The lowest BCUT2D eigenvalue weighted by molar-refractivity contribution is -0.125. The molecule has 3 heteroatoms. The van der Waals surface area contributed by atoms with Gasteiger partial charge in [0.25, 0.3) is 0 Å². The summed E-state index contributed by atoms with van der Waals surface area (Å²) in [6, 6.07) is 9.45. The van der Waals surface area contributed by atoms with Crippen molar-refractivity contribution in [3.8, 4) is 6.07 Å². The van der Waals surface area contributed by atoms with E-state index < -0.39 is 0 Å². The van der Waals surface area contributed by atoms with Crippen molar-refractivity contribution in [2.45, 2.75) is 46.1 Å². The van der Waals surface area contributed by atoms with Crippen LogP contribution in [-0.2, 0) is 11.3 Å². The van der Waals surface area contributed by atoms with Crippen LogP contribution in [-0.4, -0.2) is 5.91 Å². The molecule has 19 heavy (non-hydrogen) atoms. The summed E-state index contributed by atoms with van der Waals surface area (Å²) in [6.07, 6.45) is 4.05. The van der Waals surface area contributed by atoms with Crippen molar-refractivity contribution in [2.75, 3.05) is 0 Å². The third-order valence-electron chi connectivity index (χ3n) is 3.29. The van der Waals surface area contributed by atoms with E-state index in [1.165, 1.54) is 0 Å². The third kappa shape index (κ3) is 5.13. The van der Waals surface area contributed by atoms with Gasteiger partial charge in [-0.15, -0.1) is 0 Å². The molecule has 0 radical (unpaired) electrons. The SMILES string of the molecule is CCCCC(CC)C(=O)NCc1cccc(C#N)c1. The Bertz CT molecular complexity index is 448. The number of hydrogen-bond acceptors (Lipinski definition) is 2. The average Bonchev–Trinajstić information content (AvgIpc) is 2.46. The van der Waals surface area contributed by atoms with E-state index in [1.807, 2.05) is 18.2 Å². The molecule has 0 bridgehead atoms. The Balaban J connectivity index is 2.50. The van der Waals surface area contributed by atoms with Gasteiger partial charge in [-0.2, -0.15) is 5.26 Å². The van der Waals surface area contributed by atoms with Crippen LogP contribution in [0.25, 0.3) is 0 Å². The van der Waals surface area contributed by atoms with Crippen molar-refractivity contribution < 1.29 is 4.79 Å². The minimum atomic E-state index is 0.110. The lowest BCUT2D eigenvalue weighted by Gasteiger charge is -2.14. The molecule has 102 valence electrons. The number of benzene rings is 1. The second-order valence-corrected chi connectivity index (χ2v) is 4.78. The van der Waals surface area contributed by atoms with Crippen molar-refractivity contribution >= 4 is 5.91 Å². The number of nitrogens with zero attached hydrogens (tertiary/aromatic N) is 1. The Morgan fingerprint density at radius 2 is 2.21 bits per heavy atom. The van der Waals surface area contributed by atoms with Crippen LogP contribution in [0.2, 0.25) is 0 Å². The highest BCUT2D eigenvalue weighted by atomic mass is 16.1. The zero-order valence-corrected chi connectivity index (χ0v) is 11.8. The molecule has 0 aliphatic carbocycles. The lowest BCUT2D eigenvalue weighted by atomic mass is 9.98. The van der Waals surface area contributed by atoms with E-state index in [4.69, 9.17) is 5.26 Å². The predicted octanol–water partition coefficient (Wildman–Crippen LogP) is 3.39. The van der Waals surface area contributed by atoms with Gasteiger partial charge < -0.3 is 5.32 Å². The van der Waals surface area contributed by atoms with Crippen molar-refractivity contribution in [1.82, 2.24) is 5.32 Å². The maximum absolute atomic E-state index is 12.0. The zero-order chi connectivity index (χ0) is 14.1. The first-order valence-electron chi connectivity index (χ1n) is 6.98. The lowest BCUT2D eigenvalue weighted by Crippen LogP contribution is -2.30. The Kier molecular flexibility index (Phi) is 6.67. The summed E-state index contributed by atoms with van der Waals surface area (Å²) < 4.78 is 0. The number of amides is 1. The van der Waals surface area contributed by atoms with Gasteiger partial charge in [0.15, 0.2) is 0 Å². The first-order chi connectivity index (χ1) is 9.21. The fourth-order valence-electron chi connectivity index (χ4n) is 2.06. The molecule has 0 heterocycles. The maximum atomic E-state index is 12.0. The van der Waals surface area contributed by atoms with Gasteiger partial charge in [-0.25, -0.2) is 0 Å². The molecule has 1 unspecified atom stereocenters. The number of carbonyl (C=O) groups is 1. The molecule has 1 atom stereocenters.